The fourth-order valence-electron chi connectivity index (χ4n) is 3.67. The van der Waals surface area contributed by atoms with Crippen molar-refractivity contribution in [1.29, 1.82) is 0 Å². The normalized spacial score (nSPS) is 10.4. The number of benzene rings is 2. The highest BCUT2D eigenvalue weighted by atomic mass is 35.5. The molecule has 0 unspecified atom stereocenters. The second-order valence-electron chi connectivity index (χ2n) is 8.28. The summed E-state index contributed by atoms with van der Waals surface area (Å²) in [5.41, 5.74) is 3.38. The molecule has 0 bridgehead atoms. The van der Waals surface area contributed by atoms with Crippen LogP contribution in [-0.4, -0.2) is 40.1 Å². The van der Waals surface area contributed by atoms with Crippen LogP contribution in [0.2, 0.25) is 5.02 Å². The Morgan fingerprint density at radius 2 is 1.87 bits per heavy atom. The Morgan fingerprint density at radius 3 is 2.61 bits per heavy atom. The number of ether oxygens (including phenoxy) is 2. The zero-order valence-corrected chi connectivity index (χ0v) is 21.3. The lowest BCUT2D eigenvalue weighted by molar-refractivity contribution is 0.0593. The lowest BCUT2D eigenvalue weighted by Gasteiger charge is -2.11. The van der Waals surface area contributed by atoms with Crippen LogP contribution in [0.3, 0.4) is 0 Å². The number of imidazole rings is 1. The zero-order valence-electron chi connectivity index (χ0n) is 20.6. The Kier molecular flexibility index (Phi) is 8.69. The van der Waals surface area contributed by atoms with E-state index in [-0.39, 0.29) is 18.0 Å². The van der Waals surface area contributed by atoms with Gasteiger partial charge in [0.25, 0.3) is 5.91 Å². The molecule has 0 atom stereocenters. The number of carbonyl (C=O) groups is 2. The van der Waals surface area contributed by atoms with E-state index in [1.165, 1.54) is 19.2 Å². The van der Waals surface area contributed by atoms with Gasteiger partial charge in [-0.1, -0.05) is 48.0 Å². The molecular weight excluding hydrogens is 506 g/mol. The lowest BCUT2D eigenvalue weighted by Crippen LogP contribution is -2.27. The maximum absolute atomic E-state index is 12.9. The zero-order chi connectivity index (χ0) is 26.9. The van der Waals surface area contributed by atoms with Gasteiger partial charge in [-0.05, 0) is 23.3 Å². The summed E-state index contributed by atoms with van der Waals surface area (Å²) in [6.45, 7) is 8.18. The number of nitrogens with zero attached hydrogens (tertiary/aromatic N) is 4. The quantitative estimate of drug-likeness (QED) is 0.232. The van der Waals surface area contributed by atoms with Gasteiger partial charge < -0.3 is 19.4 Å². The van der Waals surface area contributed by atoms with E-state index in [2.05, 4.69) is 20.1 Å². The number of aromatic nitrogens is 3. The number of amides is 1. The highest BCUT2D eigenvalue weighted by molar-refractivity contribution is 6.30. The van der Waals surface area contributed by atoms with Gasteiger partial charge in [-0.2, -0.15) is 0 Å². The van der Waals surface area contributed by atoms with Gasteiger partial charge in [-0.3, -0.25) is 4.79 Å². The molecule has 4 rings (SSSR count). The third-order valence-corrected chi connectivity index (χ3v) is 5.84. The van der Waals surface area contributed by atoms with Crippen molar-refractivity contribution in [2.75, 3.05) is 13.7 Å². The summed E-state index contributed by atoms with van der Waals surface area (Å²) in [7, 11) is 1.24. The standard InChI is InChI=1S/C28H24ClN5O4/c1-30-22-8-6-19(7-9-22)16-34-18-31-15-23(34)10-11-32-27(35)25-13-24(14-26(33-25)28(36)37-2)38-17-20-4-3-5-21(29)12-20/h3-9,12-15,18H,10-11,16-17H2,2H3,(H,32,35). The molecule has 0 saturated carbocycles. The van der Waals surface area contributed by atoms with E-state index in [4.69, 9.17) is 27.6 Å². The summed E-state index contributed by atoms with van der Waals surface area (Å²) in [5, 5.41) is 3.41. The van der Waals surface area contributed by atoms with Crippen LogP contribution in [0.4, 0.5) is 5.69 Å². The summed E-state index contributed by atoms with van der Waals surface area (Å²) < 4.78 is 12.6. The number of hydrogen-bond donors (Lipinski definition) is 1. The molecular formula is C28H24ClN5O4. The van der Waals surface area contributed by atoms with Gasteiger partial charge in [-0.25, -0.2) is 19.6 Å². The minimum atomic E-state index is -0.680. The van der Waals surface area contributed by atoms with Gasteiger partial charge in [0.2, 0.25) is 0 Å². The lowest BCUT2D eigenvalue weighted by atomic mass is 10.2. The highest BCUT2D eigenvalue weighted by Crippen LogP contribution is 2.19. The molecule has 0 fully saturated rings. The Labute approximate surface area is 224 Å². The number of hydrogen-bond acceptors (Lipinski definition) is 6. The van der Waals surface area contributed by atoms with Crippen molar-refractivity contribution in [3.8, 4) is 5.75 Å². The van der Waals surface area contributed by atoms with Crippen molar-refractivity contribution in [2.45, 2.75) is 19.6 Å². The monoisotopic (exact) mass is 529 g/mol. The molecule has 9 nitrogen and oxygen atoms in total. The Balaban J connectivity index is 1.40. The number of nitrogens with one attached hydrogen (secondary N) is 1. The molecule has 1 N–H and O–H groups in total. The number of pyridine rings is 1. The topological polar surface area (TPSA) is 99.7 Å². The average Bonchev–Trinajstić information content (AvgIpc) is 3.38. The molecule has 38 heavy (non-hydrogen) atoms. The van der Waals surface area contributed by atoms with Crippen molar-refractivity contribution in [3.05, 3.63) is 118 Å². The van der Waals surface area contributed by atoms with E-state index in [0.29, 0.717) is 36.0 Å². The molecule has 1 amide bonds. The number of methoxy groups -OCH3 is 1. The molecule has 2 aromatic carbocycles. The van der Waals surface area contributed by atoms with E-state index >= 15 is 0 Å². The largest absolute Gasteiger partial charge is 0.489 e. The fraction of sp³-hybridized carbons (Fsp3) is 0.179. The molecule has 0 radical (unpaired) electrons. The summed E-state index contributed by atoms with van der Waals surface area (Å²) in [5.74, 6) is -0.836. The summed E-state index contributed by atoms with van der Waals surface area (Å²) in [6, 6.07) is 17.5. The predicted molar refractivity (Wildman–Crippen MR) is 141 cm³/mol. The molecule has 2 heterocycles. The van der Waals surface area contributed by atoms with E-state index in [1.807, 2.05) is 28.8 Å². The predicted octanol–water partition coefficient (Wildman–Crippen LogP) is 4.87. The maximum Gasteiger partial charge on any atom is 0.356 e. The third kappa shape index (κ3) is 6.96. The van der Waals surface area contributed by atoms with Gasteiger partial charge >= 0.3 is 5.97 Å². The van der Waals surface area contributed by atoms with Crippen molar-refractivity contribution in [3.63, 3.8) is 0 Å². The molecule has 0 aliphatic carbocycles. The minimum absolute atomic E-state index is 0.0300. The fourth-order valence-corrected chi connectivity index (χ4v) is 3.89. The smallest absolute Gasteiger partial charge is 0.356 e. The SMILES string of the molecule is [C-]#[N+]c1ccc(Cn2cncc2CCNC(=O)c2cc(OCc3cccc(Cl)c3)cc(C(=O)OC)n2)cc1. The summed E-state index contributed by atoms with van der Waals surface area (Å²) >= 11 is 6.03. The van der Waals surface area contributed by atoms with Crippen LogP contribution in [-0.2, 0) is 24.3 Å². The van der Waals surface area contributed by atoms with Crippen LogP contribution in [0.15, 0.2) is 73.2 Å². The van der Waals surface area contributed by atoms with Crippen LogP contribution in [0, 0.1) is 6.57 Å². The van der Waals surface area contributed by atoms with Gasteiger partial charge in [0.15, 0.2) is 11.4 Å². The number of esters is 1. The third-order valence-electron chi connectivity index (χ3n) is 5.60. The molecule has 0 aliphatic heterocycles. The van der Waals surface area contributed by atoms with Crippen molar-refractivity contribution in [1.82, 2.24) is 19.9 Å². The second-order valence-corrected chi connectivity index (χ2v) is 8.72. The van der Waals surface area contributed by atoms with Gasteiger partial charge in [0.05, 0.1) is 20.0 Å². The van der Waals surface area contributed by atoms with Crippen LogP contribution in [0.25, 0.3) is 4.85 Å². The first-order valence-electron chi connectivity index (χ1n) is 11.7. The average molecular weight is 530 g/mol. The van der Waals surface area contributed by atoms with E-state index in [1.54, 1.807) is 36.8 Å². The van der Waals surface area contributed by atoms with Crippen LogP contribution >= 0.6 is 11.6 Å². The summed E-state index contributed by atoms with van der Waals surface area (Å²) in [6.07, 6.45) is 4.00. The van der Waals surface area contributed by atoms with Crippen LogP contribution in [0.5, 0.6) is 5.75 Å². The van der Waals surface area contributed by atoms with E-state index < -0.39 is 11.9 Å². The molecule has 10 heteroatoms. The van der Waals surface area contributed by atoms with Crippen molar-refractivity contribution in [2.24, 2.45) is 0 Å². The van der Waals surface area contributed by atoms with Gasteiger partial charge in [0.1, 0.15) is 18.1 Å². The number of carbonyl (C=O) groups excluding carboxylic acids is 2. The van der Waals surface area contributed by atoms with Crippen LogP contribution in [0.1, 0.15) is 37.8 Å². The molecule has 4 aromatic rings. The molecule has 192 valence electrons. The number of halogens is 1. The molecule has 2 aromatic heterocycles. The highest BCUT2D eigenvalue weighted by Gasteiger charge is 2.16. The minimum Gasteiger partial charge on any atom is -0.489 e. The maximum atomic E-state index is 12.9. The summed E-state index contributed by atoms with van der Waals surface area (Å²) in [4.78, 5) is 36.8. The molecule has 0 aliphatic rings. The Hall–Kier alpha value is -4.68. The second kappa shape index (κ2) is 12.5. The Morgan fingerprint density at radius 1 is 1.08 bits per heavy atom. The van der Waals surface area contributed by atoms with E-state index in [0.717, 1.165) is 16.8 Å². The first-order valence-corrected chi connectivity index (χ1v) is 12.0. The first kappa shape index (κ1) is 26.4. The Bertz CT molecular complexity index is 1480. The van der Waals surface area contributed by atoms with Gasteiger partial charge in [-0.15, -0.1) is 0 Å². The first-order chi connectivity index (χ1) is 18.4. The van der Waals surface area contributed by atoms with Crippen LogP contribution < -0.4 is 10.1 Å². The number of rotatable bonds is 10. The van der Waals surface area contributed by atoms with Crippen molar-refractivity contribution >= 4 is 29.2 Å². The van der Waals surface area contributed by atoms with Crippen molar-refractivity contribution < 1.29 is 19.1 Å². The molecule has 0 spiro atoms. The molecule has 0 saturated heterocycles. The van der Waals surface area contributed by atoms with Gasteiger partial charge in [0, 0.05) is 48.6 Å². The van der Waals surface area contributed by atoms with E-state index in [9.17, 15) is 9.59 Å².